The van der Waals surface area contributed by atoms with Crippen LogP contribution in [0.3, 0.4) is 0 Å². The van der Waals surface area contributed by atoms with Crippen LogP contribution < -0.4 is 9.47 Å². The van der Waals surface area contributed by atoms with Crippen molar-refractivity contribution in [3.8, 4) is 11.5 Å². The van der Waals surface area contributed by atoms with Crippen LogP contribution in [-0.2, 0) is 9.53 Å². The molecular formula is C23H33N3O6. The van der Waals surface area contributed by atoms with Crippen molar-refractivity contribution < 1.29 is 23.9 Å². The van der Waals surface area contributed by atoms with Crippen LogP contribution in [0.15, 0.2) is 18.2 Å². The Labute approximate surface area is 188 Å². The molecule has 0 aromatic heterocycles. The Morgan fingerprint density at radius 1 is 1.22 bits per heavy atom. The smallest absolute Gasteiger partial charge is 0.240 e. The molecule has 1 amide bonds. The van der Waals surface area contributed by atoms with Gasteiger partial charge in [0, 0.05) is 25.1 Å². The molecule has 3 heterocycles. The van der Waals surface area contributed by atoms with Gasteiger partial charge in [0.25, 0.3) is 0 Å². The van der Waals surface area contributed by atoms with Crippen molar-refractivity contribution in [1.82, 2.24) is 10.0 Å². The van der Waals surface area contributed by atoms with Crippen LogP contribution in [-0.4, -0.2) is 66.0 Å². The topological polar surface area (TPSA) is 94.4 Å². The molecule has 0 bridgehead atoms. The van der Waals surface area contributed by atoms with Crippen LogP contribution in [0.2, 0.25) is 0 Å². The molecule has 1 aromatic carbocycles. The summed E-state index contributed by atoms with van der Waals surface area (Å²) in [5, 5.41) is 15.5. The Bertz CT molecular complexity index is 850. The number of rotatable bonds is 9. The molecule has 176 valence electrons. The number of benzene rings is 1. The molecule has 32 heavy (non-hydrogen) atoms. The highest BCUT2D eigenvalue weighted by Gasteiger charge is 2.49. The van der Waals surface area contributed by atoms with Gasteiger partial charge in [0.05, 0.1) is 23.5 Å². The van der Waals surface area contributed by atoms with Gasteiger partial charge in [-0.1, -0.05) is 19.9 Å². The third-order valence-corrected chi connectivity index (χ3v) is 7.63. The zero-order valence-electron chi connectivity index (χ0n) is 19.1. The van der Waals surface area contributed by atoms with Gasteiger partial charge in [-0.2, -0.15) is 0 Å². The van der Waals surface area contributed by atoms with Crippen LogP contribution in [0.5, 0.6) is 11.5 Å². The Hall–Kier alpha value is -2.39. The summed E-state index contributed by atoms with van der Waals surface area (Å²) in [5.41, 5.74) is 0.448. The number of nitrogens with zero attached hydrogens (tertiary/aromatic N) is 3. The summed E-state index contributed by atoms with van der Waals surface area (Å²) in [6.07, 6.45) is 4.31. The van der Waals surface area contributed by atoms with Gasteiger partial charge in [-0.3, -0.25) is 19.9 Å². The van der Waals surface area contributed by atoms with Gasteiger partial charge < -0.3 is 14.2 Å². The SMILES string of the molecule is CCC(CC)(OC)[C@@H]1CCCN1N1CC[C@H]([C@@H](C[N+](=O)[O-])c2ccc3c(c2)OCO3)C1=O. The lowest BCUT2D eigenvalue weighted by molar-refractivity contribution is -0.484. The first-order valence-corrected chi connectivity index (χ1v) is 11.6. The number of hydrazine groups is 1. The first kappa shape index (κ1) is 22.8. The van der Waals surface area contributed by atoms with Crippen LogP contribution in [0.4, 0.5) is 0 Å². The molecule has 0 aliphatic carbocycles. The maximum absolute atomic E-state index is 13.6. The second kappa shape index (κ2) is 9.23. The van der Waals surface area contributed by atoms with E-state index in [-0.39, 0.29) is 35.8 Å². The predicted octanol–water partition coefficient (Wildman–Crippen LogP) is 3.21. The van der Waals surface area contributed by atoms with E-state index in [4.69, 9.17) is 14.2 Å². The van der Waals surface area contributed by atoms with Crippen molar-refractivity contribution in [2.75, 3.05) is 33.5 Å². The highest BCUT2D eigenvalue weighted by atomic mass is 16.7. The van der Waals surface area contributed by atoms with E-state index in [2.05, 4.69) is 18.9 Å². The van der Waals surface area contributed by atoms with Gasteiger partial charge in [-0.15, -0.1) is 0 Å². The van der Waals surface area contributed by atoms with Crippen molar-refractivity contribution >= 4 is 5.91 Å². The molecule has 0 saturated carbocycles. The fourth-order valence-corrected chi connectivity index (χ4v) is 5.81. The normalized spacial score (nSPS) is 24.3. The highest BCUT2D eigenvalue weighted by molar-refractivity contribution is 5.81. The van der Waals surface area contributed by atoms with Gasteiger partial charge in [0.2, 0.25) is 19.2 Å². The van der Waals surface area contributed by atoms with E-state index < -0.39 is 11.8 Å². The number of nitro groups is 1. The van der Waals surface area contributed by atoms with Crippen molar-refractivity contribution in [2.24, 2.45) is 5.92 Å². The van der Waals surface area contributed by atoms with Crippen LogP contribution >= 0.6 is 0 Å². The lowest BCUT2D eigenvalue weighted by Crippen LogP contribution is -2.57. The number of carbonyl (C=O) groups excluding carboxylic acids is 1. The zero-order valence-corrected chi connectivity index (χ0v) is 19.1. The fraction of sp³-hybridized carbons (Fsp3) is 0.696. The maximum Gasteiger partial charge on any atom is 0.240 e. The van der Waals surface area contributed by atoms with Crippen LogP contribution in [0.1, 0.15) is 57.4 Å². The average Bonchev–Trinajstić information content (AvgIpc) is 3.53. The van der Waals surface area contributed by atoms with E-state index in [1.165, 1.54) is 0 Å². The molecule has 0 unspecified atom stereocenters. The molecule has 0 N–H and O–H groups in total. The standard InChI is InChI=1S/C23H33N3O6/c1-4-23(5-2,30-3)21-7-6-11-24(21)25-12-10-17(22(25)27)18(14-26(28)29)16-8-9-19-20(13-16)32-15-31-19/h8-9,13,17-18,21H,4-7,10-12,14-15H2,1-3H3/t17-,18+,21+/m1/s1. The molecule has 2 fully saturated rings. The molecule has 2 saturated heterocycles. The van der Waals surface area contributed by atoms with E-state index in [1.807, 2.05) is 11.1 Å². The molecular weight excluding hydrogens is 414 g/mol. The lowest BCUT2D eigenvalue weighted by Gasteiger charge is -2.44. The minimum atomic E-state index is -0.511. The van der Waals surface area contributed by atoms with Gasteiger partial charge in [0.15, 0.2) is 11.5 Å². The molecule has 3 aliphatic rings. The maximum atomic E-state index is 13.6. The van der Waals surface area contributed by atoms with E-state index in [0.717, 1.165) is 37.8 Å². The molecule has 3 aliphatic heterocycles. The number of fused-ring (bicyclic) bond motifs is 1. The van der Waals surface area contributed by atoms with Crippen molar-refractivity contribution in [3.05, 3.63) is 33.9 Å². The lowest BCUT2D eigenvalue weighted by atomic mass is 9.84. The number of hydrogen-bond donors (Lipinski definition) is 0. The van der Waals surface area contributed by atoms with Gasteiger partial charge in [-0.05, 0) is 49.8 Å². The van der Waals surface area contributed by atoms with E-state index in [1.54, 1.807) is 19.2 Å². The van der Waals surface area contributed by atoms with Crippen molar-refractivity contribution in [1.29, 1.82) is 0 Å². The molecule has 0 radical (unpaired) electrons. The van der Waals surface area contributed by atoms with Crippen molar-refractivity contribution in [2.45, 2.75) is 63.5 Å². The first-order valence-electron chi connectivity index (χ1n) is 11.6. The van der Waals surface area contributed by atoms with E-state index >= 15 is 0 Å². The summed E-state index contributed by atoms with van der Waals surface area (Å²) >= 11 is 0. The molecule has 3 atom stereocenters. The van der Waals surface area contributed by atoms with Gasteiger partial charge in [-0.25, -0.2) is 5.01 Å². The third kappa shape index (κ3) is 3.92. The number of ether oxygens (including phenoxy) is 3. The Morgan fingerprint density at radius 2 is 1.97 bits per heavy atom. The number of carbonyl (C=O) groups is 1. The summed E-state index contributed by atoms with van der Waals surface area (Å²) < 4.78 is 16.8. The predicted molar refractivity (Wildman–Crippen MR) is 117 cm³/mol. The number of hydrogen-bond acceptors (Lipinski definition) is 7. The Balaban J connectivity index is 1.58. The van der Waals surface area contributed by atoms with Gasteiger partial charge >= 0.3 is 0 Å². The summed E-state index contributed by atoms with van der Waals surface area (Å²) in [6.45, 7) is 5.49. The average molecular weight is 448 g/mol. The zero-order chi connectivity index (χ0) is 22.9. The first-order chi connectivity index (χ1) is 15.4. The summed E-state index contributed by atoms with van der Waals surface area (Å²) in [7, 11) is 1.75. The monoisotopic (exact) mass is 447 g/mol. The van der Waals surface area contributed by atoms with E-state index in [9.17, 15) is 14.9 Å². The van der Waals surface area contributed by atoms with Crippen LogP contribution in [0.25, 0.3) is 0 Å². The van der Waals surface area contributed by atoms with E-state index in [0.29, 0.717) is 24.5 Å². The highest BCUT2D eigenvalue weighted by Crippen LogP contribution is 2.42. The Kier molecular flexibility index (Phi) is 6.57. The number of amides is 1. The minimum absolute atomic E-state index is 0.0290. The van der Waals surface area contributed by atoms with Crippen LogP contribution in [0, 0.1) is 16.0 Å². The largest absolute Gasteiger partial charge is 0.454 e. The number of methoxy groups -OCH3 is 1. The third-order valence-electron chi connectivity index (χ3n) is 7.63. The second-order valence-corrected chi connectivity index (χ2v) is 8.89. The molecule has 9 heteroatoms. The second-order valence-electron chi connectivity index (χ2n) is 8.89. The Morgan fingerprint density at radius 3 is 2.66 bits per heavy atom. The molecule has 1 aromatic rings. The fourth-order valence-electron chi connectivity index (χ4n) is 5.81. The quantitative estimate of drug-likeness (QED) is 0.424. The summed E-state index contributed by atoms with van der Waals surface area (Å²) in [5.74, 6) is 0.222. The molecule has 4 rings (SSSR count). The molecule has 9 nitrogen and oxygen atoms in total. The van der Waals surface area contributed by atoms with Crippen molar-refractivity contribution in [3.63, 3.8) is 0 Å². The minimum Gasteiger partial charge on any atom is -0.454 e. The molecule has 0 spiro atoms. The summed E-state index contributed by atoms with van der Waals surface area (Å²) in [4.78, 5) is 24.8. The van der Waals surface area contributed by atoms with Gasteiger partial charge in [0.1, 0.15) is 0 Å². The summed E-state index contributed by atoms with van der Waals surface area (Å²) in [6, 6.07) is 5.51.